The van der Waals surface area contributed by atoms with Gasteiger partial charge in [-0.25, -0.2) is 0 Å². The second-order valence-corrected chi connectivity index (χ2v) is 6.80. The van der Waals surface area contributed by atoms with Crippen LogP contribution in [0.5, 0.6) is 0 Å². The molecule has 1 aliphatic rings. The van der Waals surface area contributed by atoms with Crippen LogP contribution in [-0.2, 0) is 4.79 Å². The monoisotopic (exact) mass is 304 g/mol. The van der Waals surface area contributed by atoms with Gasteiger partial charge in [0.05, 0.1) is 4.83 Å². The molecule has 1 saturated carbocycles. The Labute approximate surface area is 114 Å². The van der Waals surface area contributed by atoms with Crippen LogP contribution in [0.3, 0.4) is 0 Å². The predicted molar refractivity (Wildman–Crippen MR) is 75.5 cm³/mol. The van der Waals surface area contributed by atoms with Gasteiger partial charge in [0, 0.05) is 19.1 Å². The maximum atomic E-state index is 12.2. The van der Waals surface area contributed by atoms with E-state index in [-0.39, 0.29) is 16.3 Å². The molecule has 0 saturated heterocycles. The van der Waals surface area contributed by atoms with Gasteiger partial charge in [-0.1, -0.05) is 29.8 Å². The molecule has 1 atom stereocenters. The predicted octanol–water partition coefficient (Wildman–Crippen LogP) is 2.35. The van der Waals surface area contributed by atoms with Crippen molar-refractivity contribution in [2.75, 3.05) is 27.7 Å². The molecule has 0 spiro atoms. The first-order chi connectivity index (χ1) is 7.80. The molecule has 0 radical (unpaired) electrons. The highest BCUT2D eigenvalue weighted by Crippen LogP contribution is 2.36. The normalized spacial score (nSPS) is 20.2. The molecule has 1 rings (SSSR count). The molecule has 1 unspecified atom stereocenters. The van der Waals surface area contributed by atoms with E-state index in [1.165, 1.54) is 19.3 Å². The van der Waals surface area contributed by atoms with E-state index >= 15 is 0 Å². The largest absolute Gasteiger partial charge is 0.343 e. The number of hydrogen-bond donors (Lipinski definition) is 0. The summed E-state index contributed by atoms with van der Waals surface area (Å²) in [6, 6.07) is 0. The zero-order chi connectivity index (χ0) is 13.2. The maximum Gasteiger partial charge on any atom is 0.236 e. The van der Waals surface area contributed by atoms with E-state index in [1.807, 2.05) is 11.9 Å². The number of halogens is 1. The van der Waals surface area contributed by atoms with Crippen LogP contribution in [0.1, 0.15) is 33.1 Å². The van der Waals surface area contributed by atoms with Crippen LogP contribution in [-0.4, -0.2) is 53.8 Å². The fraction of sp³-hybridized carbons (Fsp3) is 0.923. The summed E-state index contributed by atoms with van der Waals surface area (Å²) < 4.78 is 0. The first-order valence-electron chi connectivity index (χ1n) is 6.36. The standard InChI is InChI=1S/C13H25BrN2O/c1-10(2)11(14)12(17)16(5)9-13(15(3)4)7-6-8-13/h10-11H,6-9H2,1-5H3. The highest BCUT2D eigenvalue weighted by molar-refractivity contribution is 9.10. The van der Waals surface area contributed by atoms with Gasteiger partial charge in [-0.15, -0.1) is 0 Å². The minimum absolute atomic E-state index is 0.0632. The average Bonchev–Trinajstić information content (AvgIpc) is 2.20. The van der Waals surface area contributed by atoms with Crippen molar-refractivity contribution in [2.45, 2.75) is 43.5 Å². The molecule has 4 heteroatoms. The summed E-state index contributed by atoms with van der Waals surface area (Å²) in [6.07, 6.45) is 3.68. The molecule has 0 aromatic rings. The van der Waals surface area contributed by atoms with E-state index < -0.39 is 0 Å². The van der Waals surface area contributed by atoms with Crippen LogP contribution >= 0.6 is 15.9 Å². The average molecular weight is 305 g/mol. The Morgan fingerprint density at radius 1 is 1.29 bits per heavy atom. The first-order valence-corrected chi connectivity index (χ1v) is 7.28. The number of alkyl halides is 1. The lowest BCUT2D eigenvalue weighted by Crippen LogP contribution is -2.58. The summed E-state index contributed by atoms with van der Waals surface area (Å²) >= 11 is 3.49. The van der Waals surface area contributed by atoms with Gasteiger partial charge in [-0.05, 0) is 39.3 Å². The van der Waals surface area contributed by atoms with Crippen LogP contribution in [0.4, 0.5) is 0 Å². The second kappa shape index (κ2) is 5.70. The Morgan fingerprint density at radius 3 is 2.12 bits per heavy atom. The SMILES string of the molecule is CC(C)C(Br)C(=O)N(C)CC1(N(C)C)CCC1. The van der Waals surface area contributed by atoms with E-state index in [0.29, 0.717) is 5.92 Å². The third-order valence-electron chi connectivity index (χ3n) is 3.96. The molecule has 100 valence electrons. The van der Waals surface area contributed by atoms with Gasteiger partial charge in [-0.3, -0.25) is 4.79 Å². The fourth-order valence-corrected chi connectivity index (χ4v) is 2.70. The lowest BCUT2D eigenvalue weighted by atomic mass is 9.75. The fourth-order valence-electron chi connectivity index (χ4n) is 2.35. The van der Waals surface area contributed by atoms with Crippen LogP contribution in [0, 0.1) is 5.92 Å². The molecule has 0 aromatic heterocycles. The molecule has 1 amide bonds. The van der Waals surface area contributed by atoms with Crippen molar-refractivity contribution in [1.82, 2.24) is 9.80 Å². The number of amides is 1. The van der Waals surface area contributed by atoms with E-state index in [1.54, 1.807) is 0 Å². The molecule has 1 aliphatic carbocycles. The molecule has 0 bridgehead atoms. The minimum atomic E-state index is -0.0632. The second-order valence-electron chi connectivity index (χ2n) is 5.81. The molecule has 3 nitrogen and oxygen atoms in total. The summed E-state index contributed by atoms with van der Waals surface area (Å²) in [5, 5.41) is 0. The van der Waals surface area contributed by atoms with Crippen molar-refractivity contribution in [3.8, 4) is 0 Å². The van der Waals surface area contributed by atoms with Gasteiger partial charge in [0.25, 0.3) is 0 Å². The summed E-state index contributed by atoms with van der Waals surface area (Å²) in [7, 11) is 6.15. The summed E-state index contributed by atoms with van der Waals surface area (Å²) in [5.41, 5.74) is 0.216. The lowest BCUT2D eigenvalue weighted by molar-refractivity contribution is -0.132. The van der Waals surface area contributed by atoms with E-state index in [0.717, 1.165) is 6.54 Å². The number of likely N-dealkylation sites (N-methyl/N-ethyl adjacent to an activating group) is 2. The smallest absolute Gasteiger partial charge is 0.236 e. The van der Waals surface area contributed by atoms with Gasteiger partial charge >= 0.3 is 0 Å². The van der Waals surface area contributed by atoms with Crippen molar-refractivity contribution in [2.24, 2.45) is 5.92 Å². The Balaban J connectivity index is 2.59. The topological polar surface area (TPSA) is 23.6 Å². The Morgan fingerprint density at radius 2 is 1.82 bits per heavy atom. The van der Waals surface area contributed by atoms with Crippen LogP contribution in [0.2, 0.25) is 0 Å². The number of carbonyl (C=O) groups is 1. The Bertz CT molecular complexity index is 275. The van der Waals surface area contributed by atoms with Crippen molar-refractivity contribution in [3.05, 3.63) is 0 Å². The zero-order valence-corrected chi connectivity index (χ0v) is 13.2. The van der Waals surface area contributed by atoms with E-state index in [4.69, 9.17) is 0 Å². The molecule has 1 fully saturated rings. The van der Waals surface area contributed by atoms with Crippen LogP contribution in [0.25, 0.3) is 0 Å². The molecular weight excluding hydrogens is 280 g/mol. The third-order valence-corrected chi connectivity index (χ3v) is 5.41. The van der Waals surface area contributed by atoms with Crippen molar-refractivity contribution in [3.63, 3.8) is 0 Å². The molecule has 0 aliphatic heterocycles. The third kappa shape index (κ3) is 3.22. The highest BCUT2D eigenvalue weighted by atomic mass is 79.9. The number of nitrogens with zero attached hydrogens (tertiary/aromatic N) is 2. The highest BCUT2D eigenvalue weighted by Gasteiger charge is 2.41. The maximum absolute atomic E-state index is 12.2. The Kier molecular flexibility index (Phi) is 5.02. The Hall–Kier alpha value is -0.0900. The summed E-state index contributed by atoms with van der Waals surface area (Å²) in [6.45, 7) is 4.97. The minimum Gasteiger partial charge on any atom is -0.343 e. The van der Waals surface area contributed by atoms with E-state index in [2.05, 4.69) is 48.8 Å². The molecule has 0 heterocycles. The summed E-state index contributed by atoms with van der Waals surface area (Å²) in [4.78, 5) is 16.3. The van der Waals surface area contributed by atoms with Gasteiger partial charge in [0.1, 0.15) is 0 Å². The number of carbonyl (C=O) groups excluding carboxylic acids is 1. The quantitative estimate of drug-likeness (QED) is 0.728. The van der Waals surface area contributed by atoms with Gasteiger partial charge in [0.15, 0.2) is 0 Å². The molecule has 0 N–H and O–H groups in total. The summed E-state index contributed by atoms with van der Waals surface area (Å²) in [5.74, 6) is 0.537. The van der Waals surface area contributed by atoms with Gasteiger partial charge in [-0.2, -0.15) is 0 Å². The number of hydrogen-bond acceptors (Lipinski definition) is 2. The van der Waals surface area contributed by atoms with Gasteiger partial charge < -0.3 is 9.80 Å². The van der Waals surface area contributed by atoms with Crippen molar-refractivity contribution in [1.29, 1.82) is 0 Å². The lowest BCUT2D eigenvalue weighted by Gasteiger charge is -2.49. The molecule has 17 heavy (non-hydrogen) atoms. The van der Waals surface area contributed by atoms with Gasteiger partial charge in [0.2, 0.25) is 5.91 Å². The van der Waals surface area contributed by atoms with Crippen LogP contribution in [0.15, 0.2) is 0 Å². The molecule has 0 aromatic carbocycles. The van der Waals surface area contributed by atoms with Crippen LogP contribution < -0.4 is 0 Å². The van der Waals surface area contributed by atoms with E-state index in [9.17, 15) is 4.79 Å². The zero-order valence-electron chi connectivity index (χ0n) is 11.7. The van der Waals surface area contributed by atoms with Crippen molar-refractivity contribution < 1.29 is 4.79 Å². The number of rotatable bonds is 5. The van der Waals surface area contributed by atoms with Crippen molar-refractivity contribution >= 4 is 21.8 Å². The molecular formula is C13H25BrN2O. The first kappa shape index (κ1) is 15.0.